The number of rotatable bonds is 22. The van der Waals surface area contributed by atoms with Crippen LogP contribution < -0.4 is 11.1 Å². The van der Waals surface area contributed by atoms with Gasteiger partial charge in [0.2, 0.25) is 0 Å². The quantitative estimate of drug-likeness (QED) is 0.0469. The summed E-state index contributed by atoms with van der Waals surface area (Å²) in [5.74, 6) is 0.184. The SMILES string of the molecule is NC1=NCCC(C(=CC(=O)O)C(CCC(CCCCCCC(C=O)CCCO)c2ccc3ccc(CC=O)cc3c2)[N-]c2ccc[nH]2)N1. The first-order valence-corrected chi connectivity index (χ1v) is 17.3. The topological polar surface area (TPSA) is 172 Å². The van der Waals surface area contributed by atoms with Gasteiger partial charge in [-0.1, -0.05) is 86.2 Å². The molecule has 0 amide bonds. The number of aromatic amines is 1. The van der Waals surface area contributed by atoms with Crippen LogP contribution in [0, 0.1) is 5.92 Å². The lowest BCUT2D eigenvalue weighted by molar-refractivity contribution is -0.131. The second-order valence-corrected chi connectivity index (χ2v) is 12.8. The molecule has 0 fully saturated rings. The zero-order valence-electron chi connectivity index (χ0n) is 27.7. The van der Waals surface area contributed by atoms with Crippen LogP contribution in [-0.2, 0) is 20.8 Å². The second kappa shape index (κ2) is 19.4. The van der Waals surface area contributed by atoms with E-state index in [9.17, 15) is 19.5 Å². The summed E-state index contributed by atoms with van der Waals surface area (Å²) in [4.78, 5) is 42.1. The molecule has 4 unspecified atom stereocenters. The van der Waals surface area contributed by atoms with E-state index >= 15 is 0 Å². The maximum atomic E-state index is 12.1. The summed E-state index contributed by atoms with van der Waals surface area (Å²) in [7, 11) is 0. The molecule has 3 aromatic rings. The first kappa shape index (κ1) is 36.4. The minimum absolute atomic E-state index is 0.0142. The molecule has 0 aliphatic carbocycles. The first-order chi connectivity index (χ1) is 23.4. The summed E-state index contributed by atoms with van der Waals surface area (Å²) in [6.45, 7) is 0.627. The Balaban J connectivity index is 1.54. The number of carbonyl (C=O) groups excluding carboxylic acids is 2. The Morgan fingerprint density at radius 3 is 2.48 bits per heavy atom. The van der Waals surface area contributed by atoms with Gasteiger partial charge >= 0.3 is 5.97 Å². The maximum absolute atomic E-state index is 12.1. The van der Waals surface area contributed by atoms with Gasteiger partial charge in [0.15, 0.2) is 5.96 Å². The Hall–Kier alpha value is -4.44. The molecule has 1 aromatic heterocycles. The Kier molecular flexibility index (Phi) is 14.7. The highest BCUT2D eigenvalue weighted by atomic mass is 16.4. The number of aliphatic hydroxyl groups is 1. The minimum atomic E-state index is -1.02. The van der Waals surface area contributed by atoms with E-state index in [1.54, 1.807) is 6.20 Å². The summed E-state index contributed by atoms with van der Waals surface area (Å²) >= 11 is 0. The molecule has 258 valence electrons. The number of fused-ring (bicyclic) bond motifs is 1. The monoisotopic (exact) mass is 656 g/mol. The fourth-order valence-electron chi connectivity index (χ4n) is 6.72. The van der Waals surface area contributed by atoms with E-state index in [0.717, 1.165) is 80.3 Å². The molecule has 0 radical (unpaired) electrons. The molecular formula is C38H50N5O5-. The third kappa shape index (κ3) is 11.4. The number of aliphatic hydroxyl groups excluding tert-OH is 1. The van der Waals surface area contributed by atoms with Crippen LogP contribution in [0.1, 0.15) is 87.7 Å². The molecule has 10 heteroatoms. The van der Waals surface area contributed by atoms with Gasteiger partial charge in [0.05, 0.1) is 6.04 Å². The van der Waals surface area contributed by atoms with Crippen LogP contribution in [-0.4, -0.2) is 64.9 Å². The van der Waals surface area contributed by atoms with Gasteiger partial charge in [-0.2, -0.15) is 0 Å². The van der Waals surface area contributed by atoms with Gasteiger partial charge in [-0.25, -0.2) is 4.79 Å². The molecule has 2 heterocycles. The van der Waals surface area contributed by atoms with Crippen molar-refractivity contribution in [3.05, 3.63) is 82.8 Å². The number of aliphatic carboxylic acids is 1. The summed E-state index contributed by atoms with van der Waals surface area (Å²) in [6, 6.07) is 15.8. The van der Waals surface area contributed by atoms with E-state index in [4.69, 9.17) is 16.2 Å². The number of nitrogens with one attached hydrogen (secondary N) is 2. The fourth-order valence-corrected chi connectivity index (χ4v) is 6.72. The number of aliphatic imine (C=N–C) groups is 1. The Bertz CT molecular complexity index is 1520. The first-order valence-electron chi connectivity index (χ1n) is 17.3. The molecule has 48 heavy (non-hydrogen) atoms. The standard InChI is InChI=1S/C38H50N5O5/c39-38-41-20-17-35(43-38)33(25-37(47)48)34(42-36-10-5-19-40-36)16-15-29(9-4-2-1-3-7-28(26-46)8-6-21-44)31-14-13-30-12-11-27(18-22-45)23-32(30)24-31/h5,10-14,19,22-26,28-29,34-35,40,44H,1-4,6-9,15-18,20-21H2,(H,47,48)(H3,39,41,43)/q-1. The lowest BCUT2D eigenvalue weighted by atomic mass is 9.84. The highest BCUT2D eigenvalue weighted by molar-refractivity contribution is 5.85. The second-order valence-electron chi connectivity index (χ2n) is 12.8. The zero-order chi connectivity index (χ0) is 34.1. The number of guanidine groups is 1. The molecule has 4 rings (SSSR count). The van der Waals surface area contributed by atoms with Crippen molar-refractivity contribution in [2.24, 2.45) is 16.6 Å². The van der Waals surface area contributed by atoms with E-state index in [-0.39, 0.29) is 24.5 Å². The van der Waals surface area contributed by atoms with Gasteiger partial charge in [0.1, 0.15) is 12.6 Å². The molecule has 10 nitrogen and oxygen atoms in total. The summed E-state index contributed by atoms with van der Waals surface area (Å²) in [5, 5.41) is 29.4. The molecule has 4 atom stereocenters. The van der Waals surface area contributed by atoms with Crippen molar-refractivity contribution in [2.45, 2.75) is 95.1 Å². The van der Waals surface area contributed by atoms with E-state index in [1.165, 1.54) is 11.6 Å². The zero-order valence-corrected chi connectivity index (χ0v) is 27.7. The Labute approximate surface area is 283 Å². The Morgan fingerprint density at radius 1 is 0.979 bits per heavy atom. The summed E-state index contributed by atoms with van der Waals surface area (Å²) in [6.07, 6.45) is 14.7. The largest absolute Gasteiger partial charge is 0.478 e. The molecule has 0 bridgehead atoms. The number of aromatic nitrogens is 1. The van der Waals surface area contributed by atoms with Crippen LogP contribution in [0.2, 0.25) is 0 Å². The lowest BCUT2D eigenvalue weighted by Gasteiger charge is -2.35. The highest BCUT2D eigenvalue weighted by Gasteiger charge is 2.25. The van der Waals surface area contributed by atoms with Gasteiger partial charge in [-0.15, -0.1) is 0 Å². The maximum Gasteiger partial charge on any atom is 0.328 e. The molecule has 0 saturated heterocycles. The number of aldehydes is 2. The molecule has 6 N–H and O–H groups in total. The van der Waals surface area contributed by atoms with Crippen molar-refractivity contribution >= 4 is 41.1 Å². The minimum Gasteiger partial charge on any atom is -0.478 e. The average Bonchev–Trinajstić information content (AvgIpc) is 3.60. The number of carbonyl (C=O) groups is 3. The molecule has 0 spiro atoms. The van der Waals surface area contributed by atoms with Crippen molar-refractivity contribution in [3.8, 4) is 0 Å². The number of H-pyrrole nitrogens is 1. The predicted octanol–water partition coefficient (Wildman–Crippen LogP) is 6.46. The number of carboxylic acid groups (broad SMARTS) is 1. The van der Waals surface area contributed by atoms with Crippen molar-refractivity contribution in [3.63, 3.8) is 0 Å². The van der Waals surface area contributed by atoms with Gasteiger partial charge in [-0.05, 0) is 84.4 Å². The van der Waals surface area contributed by atoms with Crippen molar-refractivity contribution in [1.82, 2.24) is 10.3 Å². The number of unbranched alkanes of at least 4 members (excludes halogenated alkanes) is 3. The van der Waals surface area contributed by atoms with Crippen LogP contribution in [0.5, 0.6) is 0 Å². The van der Waals surface area contributed by atoms with Crippen molar-refractivity contribution < 1.29 is 24.6 Å². The van der Waals surface area contributed by atoms with Gasteiger partial charge in [0.25, 0.3) is 0 Å². The molecular weight excluding hydrogens is 606 g/mol. The highest BCUT2D eigenvalue weighted by Crippen LogP contribution is 2.36. The van der Waals surface area contributed by atoms with Gasteiger partial charge < -0.3 is 41.2 Å². The van der Waals surface area contributed by atoms with Crippen LogP contribution >= 0.6 is 0 Å². The number of hydrogen-bond acceptors (Lipinski definition) is 7. The van der Waals surface area contributed by atoms with Crippen LogP contribution in [0.25, 0.3) is 16.1 Å². The van der Waals surface area contributed by atoms with Gasteiger partial charge in [-0.3, -0.25) is 4.99 Å². The van der Waals surface area contributed by atoms with Gasteiger partial charge in [0, 0.05) is 31.6 Å². The van der Waals surface area contributed by atoms with Crippen molar-refractivity contribution in [1.29, 1.82) is 0 Å². The number of benzene rings is 2. The van der Waals surface area contributed by atoms with E-state index in [2.05, 4.69) is 45.6 Å². The summed E-state index contributed by atoms with van der Waals surface area (Å²) in [5.41, 5.74) is 8.89. The average molecular weight is 657 g/mol. The number of nitrogens with zero attached hydrogens (tertiary/aromatic N) is 2. The normalized spacial score (nSPS) is 16.8. The van der Waals surface area contributed by atoms with Crippen LogP contribution in [0.4, 0.5) is 5.82 Å². The van der Waals surface area contributed by atoms with Crippen molar-refractivity contribution in [2.75, 3.05) is 13.2 Å². The number of hydrogen-bond donors (Lipinski definition) is 5. The van der Waals surface area contributed by atoms with Crippen LogP contribution in [0.3, 0.4) is 0 Å². The molecule has 1 aliphatic rings. The number of nitrogens with two attached hydrogens (primary N) is 1. The summed E-state index contributed by atoms with van der Waals surface area (Å²) < 4.78 is 0. The van der Waals surface area contributed by atoms with Crippen LogP contribution in [0.15, 0.2) is 71.4 Å². The Morgan fingerprint density at radius 2 is 1.77 bits per heavy atom. The third-order valence-corrected chi connectivity index (χ3v) is 9.29. The molecule has 2 aromatic carbocycles. The third-order valence-electron chi connectivity index (χ3n) is 9.29. The smallest absolute Gasteiger partial charge is 0.328 e. The molecule has 0 saturated carbocycles. The lowest BCUT2D eigenvalue weighted by Crippen LogP contribution is -2.46. The predicted molar refractivity (Wildman–Crippen MR) is 191 cm³/mol. The van der Waals surface area contributed by atoms with E-state index in [1.807, 2.05) is 18.2 Å². The molecule has 1 aliphatic heterocycles. The van der Waals surface area contributed by atoms with E-state index in [0.29, 0.717) is 49.6 Å². The number of carboxylic acids is 1. The fraction of sp³-hybridized carbons (Fsp3) is 0.474. The van der Waals surface area contributed by atoms with E-state index < -0.39 is 12.0 Å².